The van der Waals surface area contributed by atoms with Gasteiger partial charge in [0.1, 0.15) is 0 Å². The highest BCUT2D eigenvalue weighted by molar-refractivity contribution is 6.79. The van der Waals surface area contributed by atoms with Crippen LogP contribution in [0.2, 0.25) is 19.6 Å². The summed E-state index contributed by atoms with van der Waals surface area (Å²) in [7, 11) is 0.139. The van der Waals surface area contributed by atoms with Crippen LogP contribution in [-0.2, 0) is 10.4 Å². The van der Waals surface area contributed by atoms with Crippen molar-refractivity contribution in [3.8, 4) is 0 Å². The number of benzene rings is 1. The molecule has 0 saturated carbocycles. The number of β-lactam (4-membered cyclic amide) rings is 1. The number of hydrogen-bond donors (Lipinski definition) is 1. The Labute approximate surface area is 103 Å². The van der Waals surface area contributed by atoms with E-state index in [1.165, 1.54) is 0 Å². The third-order valence-corrected chi connectivity index (χ3v) is 5.91. The van der Waals surface area contributed by atoms with Crippen molar-refractivity contribution in [2.75, 3.05) is 7.05 Å². The van der Waals surface area contributed by atoms with Crippen molar-refractivity contribution >= 4 is 14.0 Å². The van der Waals surface area contributed by atoms with Crippen molar-refractivity contribution in [2.45, 2.75) is 30.9 Å². The van der Waals surface area contributed by atoms with Crippen molar-refractivity contribution in [1.29, 1.82) is 0 Å². The van der Waals surface area contributed by atoms with Gasteiger partial charge in [-0.25, -0.2) is 0 Å². The molecule has 92 valence electrons. The number of carbonyl (C=O) groups is 1. The van der Waals surface area contributed by atoms with Gasteiger partial charge in [-0.15, -0.1) is 0 Å². The number of nitrogens with zero attached hydrogens (tertiary/aromatic N) is 1. The Morgan fingerprint density at radius 2 is 1.76 bits per heavy atom. The maximum atomic E-state index is 12.0. The molecule has 2 atom stereocenters. The average Bonchev–Trinajstić information content (AvgIpc) is 2.27. The van der Waals surface area contributed by atoms with Crippen LogP contribution >= 0.6 is 0 Å². The Hall–Kier alpha value is -1.13. The number of likely N-dealkylation sites (N-methyl/N-ethyl adjacent to an activating group) is 1. The Balaban J connectivity index is 2.46. The van der Waals surface area contributed by atoms with E-state index in [9.17, 15) is 9.90 Å². The molecular weight excluding hydrogens is 230 g/mol. The smallest absolute Gasteiger partial charge is 0.260 e. The lowest BCUT2D eigenvalue weighted by atomic mass is 9.85. The molecule has 0 aromatic heterocycles. The minimum absolute atomic E-state index is 0.0510. The molecule has 0 spiro atoms. The van der Waals surface area contributed by atoms with E-state index < -0.39 is 13.7 Å². The molecule has 1 aromatic carbocycles. The van der Waals surface area contributed by atoms with Crippen LogP contribution in [-0.4, -0.2) is 36.7 Å². The van der Waals surface area contributed by atoms with Gasteiger partial charge in [0.25, 0.3) is 5.91 Å². The van der Waals surface area contributed by atoms with Crippen LogP contribution in [0.15, 0.2) is 30.3 Å². The SMILES string of the molecule is CN1C(=O)C(O)(c2ccccc2)C1[Si](C)(C)C. The summed E-state index contributed by atoms with van der Waals surface area (Å²) in [4.78, 5) is 13.7. The van der Waals surface area contributed by atoms with Crippen LogP contribution in [0.5, 0.6) is 0 Å². The minimum atomic E-state index is -1.64. The molecule has 17 heavy (non-hydrogen) atoms. The highest BCUT2D eigenvalue weighted by Gasteiger charge is 2.63. The normalized spacial score (nSPS) is 29.1. The first-order valence-electron chi connectivity index (χ1n) is 5.84. The van der Waals surface area contributed by atoms with Crippen LogP contribution in [0.4, 0.5) is 0 Å². The van der Waals surface area contributed by atoms with E-state index in [1.54, 1.807) is 11.9 Å². The molecule has 1 fully saturated rings. The molecule has 2 rings (SSSR count). The summed E-state index contributed by atoms with van der Waals surface area (Å²) < 4.78 is 0. The number of carbonyl (C=O) groups excluding carboxylic acids is 1. The fourth-order valence-corrected chi connectivity index (χ4v) is 5.72. The molecule has 0 aliphatic carbocycles. The maximum absolute atomic E-state index is 12.0. The van der Waals surface area contributed by atoms with Gasteiger partial charge in [-0.3, -0.25) is 4.79 Å². The predicted molar refractivity (Wildman–Crippen MR) is 70.2 cm³/mol. The van der Waals surface area contributed by atoms with Crippen LogP contribution in [0, 0.1) is 0 Å². The van der Waals surface area contributed by atoms with Crippen molar-refractivity contribution in [3.05, 3.63) is 35.9 Å². The summed E-state index contributed by atoms with van der Waals surface area (Å²) in [6.07, 6.45) is 0. The average molecular weight is 249 g/mol. The van der Waals surface area contributed by atoms with Crippen molar-refractivity contribution in [2.24, 2.45) is 0 Å². The largest absolute Gasteiger partial charge is 0.374 e. The van der Waals surface area contributed by atoms with E-state index in [0.717, 1.165) is 5.56 Å². The zero-order valence-electron chi connectivity index (χ0n) is 10.8. The highest BCUT2D eigenvalue weighted by atomic mass is 28.3. The zero-order valence-corrected chi connectivity index (χ0v) is 11.8. The van der Waals surface area contributed by atoms with Gasteiger partial charge in [0.05, 0.1) is 13.7 Å². The Bertz CT molecular complexity index is 440. The van der Waals surface area contributed by atoms with Gasteiger partial charge < -0.3 is 10.0 Å². The molecule has 0 radical (unpaired) electrons. The minimum Gasteiger partial charge on any atom is -0.374 e. The number of aliphatic hydroxyl groups is 1. The number of hydrogen-bond acceptors (Lipinski definition) is 2. The van der Waals surface area contributed by atoms with Crippen molar-refractivity contribution in [1.82, 2.24) is 4.90 Å². The molecule has 1 heterocycles. The molecular formula is C13H19NO2Si. The van der Waals surface area contributed by atoms with Gasteiger partial charge in [-0.05, 0) is 5.56 Å². The maximum Gasteiger partial charge on any atom is 0.260 e. The summed E-state index contributed by atoms with van der Waals surface area (Å²) in [5.41, 5.74) is -0.638. The Kier molecular flexibility index (Phi) is 2.67. The highest BCUT2D eigenvalue weighted by Crippen LogP contribution is 2.43. The fraction of sp³-hybridized carbons (Fsp3) is 0.462. The van der Waals surface area contributed by atoms with Crippen molar-refractivity contribution < 1.29 is 9.90 Å². The monoisotopic (exact) mass is 249 g/mol. The topological polar surface area (TPSA) is 40.5 Å². The van der Waals surface area contributed by atoms with E-state index >= 15 is 0 Å². The predicted octanol–water partition coefficient (Wildman–Crippen LogP) is 1.59. The second-order valence-electron chi connectivity index (χ2n) is 5.82. The van der Waals surface area contributed by atoms with Gasteiger partial charge >= 0.3 is 0 Å². The summed E-state index contributed by atoms with van der Waals surface area (Å²) in [5, 5.41) is 10.8. The molecule has 1 N–H and O–H groups in total. The van der Waals surface area contributed by atoms with Crippen LogP contribution < -0.4 is 0 Å². The van der Waals surface area contributed by atoms with E-state index in [0.29, 0.717) is 0 Å². The van der Waals surface area contributed by atoms with Crippen LogP contribution in [0.1, 0.15) is 5.56 Å². The van der Waals surface area contributed by atoms with Gasteiger partial charge in [0, 0.05) is 7.05 Å². The molecule has 2 unspecified atom stereocenters. The number of amides is 1. The lowest BCUT2D eigenvalue weighted by molar-refractivity contribution is -0.181. The van der Waals surface area contributed by atoms with E-state index in [4.69, 9.17) is 0 Å². The third kappa shape index (κ3) is 1.63. The first-order chi connectivity index (χ1) is 7.79. The quantitative estimate of drug-likeness (QED) is 0.639. The first kappa shape index (κ1) is 12.3. The first-order valence-corrected chi connectivity index (χ1v) is 9.42. The van der Waals surface area contributed by atoms with Crippen LogP contribution in [0.25, 0.3) is 0 Å². The number of rotatable bonds is 2. The molecule has 4 heteroatoms. The summed E-state index contributed by atoms with van der Waals surface area (Å²) in [6, 6.07) is 9.28. The molecule has 1 aliphatic heterocycles. The van der Waals surface area contributed by atoms with Crippen LogP contribution in [0.3, 0.4) is 0 Å². The molecule has 3 nitrogen and oxygen atoms in total. The number of likely N-dealkylation sites (tertiary alicyclic amines) is 1. The lowest BCUT2D eigenvalue weighted by Crippen LogP contribution is -2.77. The molecule has 1 aliphatic rings. The molecule has 1 amide bonds. The van der Waals surface area contributed by atoms with E-state index in [2.05, 4.69) is 19.6 Å². The molecule has 1 saturated heterocycles. The Morgan fingerprint density at radius 1 is 1.24 bits per heavy atom. The summed E-state index contributed by atoms with van der Waals surface area (Å²) >= 11 is 0. The van der Waals surface area contributed by atoms with E-state index in [1.807, 2.05) is 30.3 Å². The standard InChI is InChI=1S/C13H19NO2Si/c1-14-11(15)13(16,12(14)17(2,3)4)10-8-6-5-7-9-10/h5-9,12,16H,1-4H3. The fourth-order valence-electron chi connectivity index (χ4n) is 2.90. The zero-order chi connectivity index (χ0) is 12.8. The van der Waals surface area contributed by atoms with Gasteiger partial charge in [0.2, 0.25) is 0 Å². The molecule has 1 aromatic rings. The Morgan fingerprint density at radius 3 is 2.24 bits per heavy atom. The van der Waals surface area contributed by atoms with Gasteiger partial charge in [0.15, 0.2) is 5.60 Å². The second-order valence-corrected chi connectivity index (χ2v) is 11.1. The van der Waals surface area contributed by atoms with Crippen molar-refractivity contribution in [3.63, 3.8) is 0 Å². The molecule has 0 bridgehead atoms. The second kappa shape index (κ2) is 3.68. The lowest BCUT2D eigenvalue weighted by Gasteiger charge is -2.56. The summed E-state index contributed by atoms with van der Waals surface area (Å²) in [6.45, 7) is 6.53. The van der Waals surface area contributed by atoms with Gasteiger partial charge in [-0.1, -0.05) is 50.0 Å². The van der Waals surface area contributed by atoms with Gasteiger partial charge in [-0.2, -0.15) is 0 Å². The third-order valence-electron chi connectivity index (χ3n) is 3.46. The van der Waals surface area contributed by atoms with E-state index in [-0.39, 0.29) is 11.6 Å². The summed E-state index contributed by atoms with van der Waals surface area (Å²) in [5.74, 6) is -0.184.